The molecule has 43 heavy (non-hydrogen) atoms. The number of benzene rings is 2. The molecular weight excluding hydrogens is 589 g/mol. The fourth-order valence-electron chi connectivity index (χ4n) is 5.30. The number of nitrogens with zero attached hydrogens (tertiary/aromatic N) is 5. The van der Waals surface area contributed by atoms with Gasteiger partial charge >= 0.3 is 6.09 Å². The van der Waals surface area contributed by atoms with E-state index >= 15 is 0 Å². The molecule has 2 aromatic carbocycles. The number of carbonyl (C=O) groups excluding carboxylic acids is 2. The monoisotopic (exact) mass is 623 g/mol. The number of piperidine rings is 1. The van der Waals surface area contributed by atoms with Crippen LogP contribution in [0.15, 0.2) is 42.5 Å². The van der Waals surface area contributed by atoms with Crippen LogP contribution in [0.5, 0.6) is 0 Å². The van der Waals surface area contributed by atoms with Crippen molar-refractivity contribution >= 4 is 52.4 Å². The number of aromatic nitrogens is 4. The van der Waals surface area contributed by atoms with Gasteiger partial charge in [-0.25, -0.2) is 9.78 Å². The van der Waals surface area contributed by atoms with Gasteiger partial charge in [0.05, 0.1) is 10.7 Å². The van der Waals surface area contributed by atoms with Crippen molar-refractivity contribution in [3.05, 3.63) is 80.8 Å². The molecule has 10 nitrogen and oxygen atoms in total. The fraction of sp³-hybridized carbons (Fsp3) is 0.387. The lowest BCUT2D eigenvalue weighted by Gasteiger charge is -2.33. The van der Waals surface area contributed by atoms with Gasteiger partial charge in [-0.1, -0.05) is 54.4 Å². The molecule has 2 amide bonds. The highest BCUT2D eigenvalue weighted by molar-refractivity contribution is 6.33. The Hall–Kier alpha value is -3.89. The number of carbonyl (C=O) groups is 2. The maximum absolute atomic E-state index is 12.7. The highest BCUT2D eigenvalue weighted by Crippen LogP contribution is 2.35. The van der Waals surface area contributed by atoms with Crippen LogP contribution in [0.3, 0.4) is 0 Å². The molecule has 0 aliphatic carbocycles. The number of fused-ring (bicyclic) bond motifs is 1. The summed E-state index contributed by atoms with van der Waals surface area (Å²) in [4.78, 5) is 31.8. The molecule has 0 bridgehead atoms. The first kappa shape index (κ1) is 30.6. The van der Waals surface area contributed by atoms with Crippen LogP contribution >= 0.6 is 23.2 Å². The van der Waals surface area contributed by atoms with Crippen LogP contribution in [-0.2, 0) is 17.6 Å². The molecule has 0 unspecified atom stereocenters. The van der Waals surface area contributed by atoms with Crippen LogP contribution in [0.4, 0.5) is 16.3 Å². The van der Waals surface area contributed by atoms with Gasteiger partial charge in [0.15, 0.2) is 5.65 Å². The van der Waals surface area contributed by atoms with Gasteiger partial charge in [-0.2, -0.15) is 0 Å². The van der Waals surface area contributed by atoms with E-state index in [1.807, 2.05) is 70.2 Å². The summed E-state index contributed by atoms with van der Waals surface area (Å²) in [6.45, 7) is 8.76. The smallest absolute Gasteiger partial charge is 0.410 e. The lowest BCUT2D eigenvalue weighted by atomic mass is 9.89. The lowest BCUT2D eigenvalue weighted by molar-refractivity contribution is 0.0204. The van der Waals surface area contributed by atoms with Gasteiger partial charge in [0, 0.05) is 31.0 Å². The fourth-order valence-corrected chi connectivity index (χ4v) is 5.74. The summed E-state index contributed by atoms with van der Waals surface area (Å²) in [5, 5.41) is 12.9. The summed E-state index contributed by atoms with van der Waals surface area (Å²) >= 11 is 13.2. The second-order valence-electron chi connectivity index (χ2n) is 11.6. The van der Waals surface area contributed by atoms with Crippen LogP contribution in [-0.4, -0.2) is 55.2 Å². The van der Waals surface area contributed by atoms with Crippen molar-refractivity contribution in [2.75, 3.05) is 18.4 Å². The van der Waals surface area contributed by atoms with E-state index in [1.165, 1.54) is 0 Å². The molecule has 1 fully saturated rings. The number of halogens is 2. The molecule has 1 aliphatic heterocycles. The molecule has 0 saturated carbocycles. The molecule has 3 N–H and O–H groups in total. The Balaban J connectivity index is 1.42. The summed E-state index contributed by atoms with van der Waals surface area (Å²) in [6, 6.07) is 13.3. The summed E-state index contributed by atoms with van der Waals surface area (Å²) < 4.78 is 7.29. The van der Waals surface area contributed by atoms with Crippen LogP contribution < -0.4 is 11.1 Å². The molecule has 1 saturated heterocycles. The maximum Gasteiger partial charge on any atom is 0.410 e. The third kappa shape index (κ3) is 6.70. The number of hydrogen-bond acceptors (Lipinski definition) is 7. The minimum absolute atomic E-state index is 0.116. The van der Waals surface area contributed by atoms with E-state index in [9.17, 15) is 9.59 Å². The second kappa shape index (κ2) is 12.4. The first-order chi connectivity index (χ1) is 20.4. The number of nitrogens with one attached hydrogen (secondary N) is 1. The molecule has 226 valence electrons. The average molecular weight is 625 g/mol. The standard InChI is InChI=1S/C31H35Cl2N7O3/c1-5-24-37-38-29-26(27(34)41)28(36-25(40(24)29)17-20-8-6-7-9-21(20)32)35-23-11-10-19(16-22(23)33)18-12-14-39(15-13-18)30(42)43-31(2,3)4/h6-11,16,18,35H,5,12-15,17H2,1-4H3,(H2,34,41). The lowest BCUT2D eigenvalue weighted by Crippen LogP contribution is -2.41. The highest BCUT2D eigenvalue weighted by Gasteiger charge is 2.28. The van der Waals surface area contributed by atoms with E-state index < -0.39 is 11.5 Å². The zero-order valence-corrected chi connectivity index (χ0v) is 26.2. The van der Waals surface area contributed by atoms with Gasteiger partial charge in [0.25, 0.3) is 5.91 Å². The van der Waals surface area contributed by atoms with Crippen molar-refractivity contribution < 1.29 is 14.3 Å². The van der Waals surface area contributed by atoms with Gasteiger partial charge in [-0.15, -0.1) is 10.2 Å². The highest BCUT2D eigenvalue weighted by atomic mass is 35.5. The molecule has 12 heteroatoms. The van der Waals surface area contributed by atoms with E-state index in [1.54, 1.807) is 9.30 Å². The molecule has 1 aliphatic rings. The van der Waals surface area contributed by atoms with E-state index in [-0.39, 0.29) is 23.4 Å². The topological polar surface area (TPSA) is 128 Å². The Labute approximate surface area is 260 Å². The van der Waals surface area contributed by atoms with Crippen molar-refractivity contribution in [1.29, 1.82) is 0 Å². The Kier molecular flexibility index (Phi) is 8.80. The normalized spacial score (nSPS) is 14.2. The predicted molar refractivity (Wildman–Crippen MR) is 167 cm³/mol. The van der Waals surface area contributed by atoms with Crippen molar-refractivity contribution in [3.8, 4) is 0 Å². The SMILES string of the molecule is CCc1nnc2c(C(N)=O)c(Nc3ccc(C4CCN(C(=O)OC(C)(C)C)CC4)cc3Cl)nc(Cc3ccccc3Cl)n12. The molecule has 5 rings (SSSR count). The van der Waals surface area contributed by atoms with Gasteiger partial charge in [-0.3, -0.25) is 9.20 Å². The van der Waals surface area contributed by atoms with E-state index in [0.717, 1.165) is 24.0 Å². The number of rotatable bonds is 7. The summed E-state index contributed by atoms with van der Waals surface area (Å²) in [5.74, 6) is 1.04. The molecule has 0 spiro atoms. The third-order valence-electron chi connectivity index (χ3n) is 7.42. The number of ether oxygens (including phenoxy) is 1. The first-order valence-electron chi connectivity index (χ1n) is 14.3. The molecular formula is C31H35Cl2N7O3. The largest absolute Gasteiger partial charge is 0.444 e. The number of likely N-dealkylation sites (tertiary alicyclic amines) is 1. The Morgan fingerprint density at radius 2 is 1.77 bits per heavy atom. The van der Waals surface area contributed by atoms with Crippen LogP contribution in [0.25, 0.3) is 5.65 Å². The summed E-state index contributed by atoms with van der Waals surface area (Å²) in [5.41, 5.74) is 8.25. The zero-order chi connectivity index (χ0) is 30.9. The van der Waals surface area contributed by atoms with Gasteiger partial charge in [0.2, 0.25) is 0 Å². The Bertz CT molecular complexity index is 1670. The number of anilines is 2. The third-order valence-corrected chi connectivity index (χ3v) is 8.10. The molecule has 3 heterocycles. The van der Waals surface area contributed by atoms with Crippen molar-refractivity contribution in [2.24, 2.45) is 5.73 Å². The number of amides is 2. The average Bonchev–Trinajstić information content (AvgIpc) is 3.38. The van der Waals surface area contributed by atoms with E-state index in [2.05, 4.69) is 15.5 Å². The van der Waals surface area contributed by atoms with Crippen molar-refractivity contribution in [2.45, 2.75) is 64.9 Å². The van der Waals surface area contributed by atoms with Crippen molar-refractivity contribution in [3.63, 3.8) is 0 Å². The number of primary amides is 1. The number of nitrogens with two attached hydrogens (primary N) is 1. The maximum atomic E-state index is 12.7. The van der Waals surface area contributed by atoms with Gasteiger partial charge in [0.1, 0.15) is 28.6 Å². The quantitative estimate of drug-likeness (QED) is 0.239. The number of hydrogen-bond donors (Lipinski definition) is 2. The Morgan fingerprint density at radius 3 is 2.40 bits per heavy atom. The molecule has 4 aromatic rings. The Morgan fingerprint density at radius 1 is 1.05 bits per heavy atom. The van der Waals surface area contributed by atoms with Crippen LogP contribution in [0.2, 0.25) is 10.0 Å². The zero-order valence-electron chi connectivity index (χ0n) is 24.7. The molecule has 2 aromatic heterocycles. The first-order valence-corrected chi connectivity index (χ1v) is 15.0. The second-order valence-corrected chi connectivity index (χ2v) is 12.4. The molecule has 0 atom stereocenters. The van der Waals surface area contributed by atoms with E-state index in [4.69, 9.17) is 38.7 Å². The summed E-state index contributed by atoms with van der Waals surface area (Å²) in [7, 11) is 0. The van der Waals surface area contributed by atoms with E-state index in [0.29, 0.717) is 59.0 Å². The molecule has 0 radical (unpaired) electrons. The minimum atomic E-state index is -0.691. The van der Waals surface area contributed by atoms with Crippen LogP contribution in [0, 0.1) is 0 Å². The summed E-state index contributed by atoms with van der Waals surface area (Å²) in [6.07, 6.45) is 2.26. The predicted octanol–water partition coefficient (Wildman–Crippen LogP) is 6.54. The van der Waals surface area contributed by atoms with Crippen LogP contribution in [0.1, 0.15) is 79.6 Å². The van der Waals surface area contributed by atoms with Gasteiger partial charge < -0.3 is 20.7 Å². The number of aryl methyl sites for hydroxylation is 1. The van der Waals surface area contributed by atoms with Crippen molar-refractivity contribution in [1.82, 2.24) is 24.5 Å². The van der Waals surface area contributed by atoms with Gasteiger partial charge in [-0.05, 0) is 68.9 Å². The minimum Gasteiger partial charge on any atom is -0.444 e.